The van der Waals surface area contributed by atoms with Crippen LogP contribution < -0.4 is 5.32 Å². The summed E-state index contributed by atoms with van der Waals surface area (Å²) in [4.78, 5) is 5.92. The molecule has 0 amide bonds. The Morgan fingerprint density at radius 2 is 2.05 bits per heavy atom. The number of H-pyrrole nitrogens is 1. The predicted octanol–water partition coefficient (Wildman–Crippen LogP) is 4.13. The van der Waals surface area contributed by atoms with Crippen LogP contribution in [0.1, 0.15) is 38.9 Å². The van der Waals surface area contributed by atoms with Gasteiger partial charge in [0.2, 0.25) is 0 Å². The zero-order valence-corrected chi connectivity index (χ0v) is 13.7. The molecule has 1 radical (unpaired) electrons. The van der Waals surface area contributed by atoms with Crippen LogP contribution in [-0.2, 0) is 0 Å². The second kappa shape index (κ2) is 6.57. The van der Waals surface area contributed by atoms with Gasteiger partial charge >= 0.3 is 0 Å². The second-order valence-corrected chi connectivity index (χ2v) is 6.38. The molecule has 1 fully saturated rings. The normalized spacial score (nSPS) is 16.1. The number of aromatic amines is 1. The predicted molar refractivity (Wildman–Crippen MR) is 98.0 cm³/mol. The van der Waals surface area contributed by atoms with Crippen LogP contribution in [-0.4, -0.2) is 36.1 Å². The minimum absolute atomic E-state index is 0. The Balaban J connectivity index is 0.00000144. The monoisotopic (exact) mass is 300 g/mol. The lowest BCUT2D eigenvalue weighted by Crippen LogP contribution is -2.35. The smallest absolute Gasteiger partial charge is 0.0459 e. The molecule has 3 heteroatoms. The Hall–Kier alpha value is -1.74. The minimum Gasteiger partial charge on any atom is -0.383 e. The maximum Gasteiger partial charge on any atom is 0.0459 e. The number of benzene rings is 1. The van der Waals surface area contributed by atoms with Crippen LogP contribution in [0.5, 0.6) is 0 Å². The molecule has 22 heavy (non-hydrogen) atoms. The van der Waals surface area contributed by atoms with Crippen molar-refractivity contribution in [1.82, 2.24) is 15.2 Å². The van der Waals surface area contributed by atoms with Crippen molar-refractivity contribution in [3.63, 3.8) is 0 Å². The van der Waals surface area contributed by atoms with Gasteiger partial charge in [-0.15, -0.1) is 0 Å². The topological polar surface area (TPSA) is 31.1 Å². The molecule has 1 aliphatic heterocycles. The number of likely N-dealkylation sites (tertiary alicyclic amines) is 1. The van der Waals surface area contributed by atoms with Crippen LogP contribution in [0.2, 0.25) is 0 Å². The summed E-state index contributed by atoms with van der Waals surface area (Å²) in [6.45, 7) is 14.9. The van der Waals surface area contributed by atoms with Gasteiger partial charge in [0.05, 0.1) is 0 Å². The number of nitrogens with zero attached hydrogens (tertiary/aromatic N) is 1. The molecule has 3 rings (SSSR count). The van der Waals surface area contributed by atoms with Crippen molar-refractivity contribution in [2.24, 2.45) is 0 Å². The summed E-state index contributed by atoms with van der Waals surface area (Å²) in [7, 11) is 0. The van der Waals surface area contributed by atoms with E-state index in [2.05, 4.69) is 47.2 Å². The zero-order chi connectivity index (χ0) is 15.5. The van der Waals surface area contributed by atoms with Crippen LogP contribution in [0.4, 0.5) is 0 Å². The van der Waals surface area contributed by atoms with E-state index in [-0.39, 0.29) is 2.85 Å². The van der Waals surface area contributed by atoms with E-state index in [1.165, 1.54) is 54.5 Å². The Labute approximate surface area is 136 Å². The van der Waals surface area contributed by atoms with Gasteiger partial charge in [0, 0.05) is 38.2 Å². The van der Waals surface area contributed by atoms with Crippen molar-refractivity contribution in [2.75, 3.05) is 26.2 Å². The highest BCUT2D eigenvalue weighted by atomic mass is 15.1. The first-order valence-corrected chi connectivity index (χ1v) is 8.33. The van der Waals surface area contributed by atoms with Crippen molar-refractivity contribution in [2.45, 2.75) is 33.1 Å². The third-order valence-corrected chi connectivity index (χ3v) is 4.81. The number of aromatic nitrogens is 1. The fourth-order valence-electron chi connectivity index (χ4n) is 3.26. The average Bonchev–Trinajstić information content (AvgIpc) is 2.83. The van der Waals surface area contributed by atoms with Gasteiger partial charge in [0.15, 0.2) is 0 Å². The fourth-order valence-corrected chi connectivity index (χ4v) is 3.26. The molecule has 1 aliphatic rings. The van der Waals surface area contributed by atoms with E-state index in [0.29, 0.717) is 0 Å². The largest absolute Gasteiger partial charge is 0.383 e. The molecule has 0 saturated carbocycles. The van der Waals surface area contributed by atoms with E-state index in [1.807, 2.05) is 0 Å². The van der Waals surface area contributed by atoms with Crippen molar-refractivity contribution < 1.29 is 2.85 Å². The van der Waals surface area contributed by atoms with Crippen LogP contribution in [0, 0.1) is 20.4 Å². The van der Waals surface area contributed by atoms with E-state index >= 15 is 0 Å². The van der Waals surface area contributed by atoms with Gasteiger partial charge in [-0.3, -0.25) is 0 Å². The lowest BCUT2D eigenvalue weighted by atomic mass is 10.1. The number of rotatable bonds is 5. The molecule has 3 nitrogen and oxygen atoms in total. The van der Waals surface area contributed by atoms with Gasteiger partial charge in [-0.05, 0) is 69.6 Å². The lowest BCUT2D eigenvalue weighted by Gasteiger charge is -2.26. The van der Waals surface area contributed by atoms with Crippen molar-refractivity contribution >= 4 is 16.6 Å². The van der Waals surface area contributed by atoms with E-state index in [4.69, 9.17) is 6.58 Å². The van der Waals surface area contributed by atoms with Gasteiger partial charge in [-0.1, -0.05) is 12.5 Å². The SMILES string of the molecule is [CH]=C(NCCN1CCCCC1)c1ccc2[nH]c(C)c(C)c2c1.[HH].[HH]. The van der Waals surface area contributed by atoms with E-state index in [9.17, 15) is 0 Å². The molecule has 121 valence electrons. The van der Waals surface area contributed by atoms with E-state index in [0.717, 1.165) is 24.4 Å². The standard InChI is InChI=1S/C19H26N3.2H2/c1-14-15(2)21-19-8-7-17(13-18(14)19)16(3)20-9-12-22-10-5-4-6-11-22;;/h3,7-8,13,20-21H,4-6,9-12H2,1-2H3;2*1H. The van der Waals surface area contributed by atoms with Gasteiger partial charge in [0.1, 0.15) is 0 Å². The van der Waals surface area contributed by atoms with Crippen molar-refractivity contribution in [3.8, 4) is 0 Å². The molecule has 0 unspecified atom stereocenters. The molecular formula is C19H30N3. The third-order valence-electron chi connectivity index (χ3n) is 4.81. The maximum atomic E-state index is 6.24. The van der Waals surface area contributed by atoms with E-state index < -0.39 is 0 Å². The summed E-state index contributed by atoms with van der Waals surface area (Å²) < 4.78 is 0. The van der Waals surface area contributed by atoms with Crippen LogP contribution in [0.15, 0.2) is 18.2 Å². The molecule has 2 heterocycles. The number of hydrogen-bond donors (Lipinski definition) is 2. The summed E-state index contributed by atoms with van der Waals surface area (Å²) >= 11 is 0. The number of piperidine rings is 1. The molecule has 1 saturated heterocycles. The number of aryl methyl sites for hydroxylation is 2. The zero-order valence-electron chi connectivity index (χ0n) is 13.7. The first-order valence-electron chi connectivity index (χ1n) is 8.33. The average molecular weight is 300 g/mol. The molecule has 0 atom stereocenters. The molecule has 0 bridgehead atoms. The number of hydrogen-bond acceptors (Lipinski definition) is 2. The van der Waals surface area contributed by atoms with Crippen LogP contribution >= 0.6 is 0 Å². The van der Waals surface area contributed by atoms with Gasteiger partial charge in [-0.25, -0.2) is 0 Å². The van der Waals surface area contributed by atoms with Gasteiger partial charge < -0.3 is 15.2 Å². The quantitative estimate of drug-likeness (QED) is 0.870. The Morgan fingerprint density at radius 3 is 2.82 bits per heavy atom. The summed E-state index contributed by atoms with van der Waals surface area (Å²) in [6, 6.07) is 6.38. The molecule has 1 aromatic carbocycles. The molecule has 0 aliphatic carbocycles. The summed E-state index contributed by atoms with van der Waals surface area (Å²) in [5, 5.41) is 4.64. The van der Waals surface area contributed by atoms with Crippen molar-refractivity contribution in [3.05, 3.63) is 41.6 Å². The highest BCUT2D eigenvalue weighted by molar-refractivity contribution is 5.87. The van der Waals surface area contributed by atoms with Crippen molar-refractivity contribution in [1.29, 1.82) is 0 Å². The molecule has 1 aromatic heterocycles. The lowest BCUT2D eigenvalue weighted by molar-refractivity contribution is 0.232. The highest BCUT2D eigenvalue weighted by Gasteiger charge is 2.10. The number of nitrogens with one attached hydrogen (secondary N) is 2. The molecular weight excluding hydrogens is 270 g/mol. The second-order valence-electron chi connectivity index (χ2n) is 6.38. The van der Waals surface area contributed by atoms with Gasteiger partial charge in [-0.2, -0.15) is 0 Å². The maximum absolute atomic E-state index is 6.24. The number of fused-ring (bicyclic) bond motifs is 1. The molecule has 2 N–H and O–H groups in total. The van der Waals surface area contributed by atoms with Crippen LogP contribution in [0.3, 0.4) is 0 Å². The first-order chi connectivity index (χ1) is 10.6. The first kappa shape index (κ1) is 15.2. The minimum atomic E-state index is 0. The van der Waals surface area contributed by atoms with Gasteiger partial charge in [0.25, 0.3) is 0 Å². The fraction of sp³-hybridized carbons (Fsp3) is 0.474. The Morgan fingerprint density at radius 1 is 1.27 bits per heavy atom. The summed E-state index contributed by atoms with van der Waals surface area (Å²) in [5.74, 6) is 0. The Kier molecular flexibility index (Phi) is 4.53. The molecule has 0 spiro atoms. The Bertz CT molecular complexity index is 673. The summed E-state index contributed by atoms with van der Waals surface area (Å²) in [5.41, 5.74) is 5.56. The summed E-state index contributed by atoms with van der Waals surface area (Å²) in [6.07, 6.45) is 4.05. The highest BCUT2D eigenvalue weighted by Crippen LogP contribution is 2.24. The van der Waals surface area contributed by atoms with E-state index in [1.54, 1.807) is 0 Å². The third kappa shape index (κ3) is 3.20. The molecule has 2 aromatic rings. The van der Waals surface area contributed by atoms with Crippen LogP contribution in [0.25, 0.3) is 16.6 Å².